The van der Waals surface area contributed by atoms with E-state index >= 15 is 0 Å². The Kier molecular flexibility index (Phi) is 7.29. The van der Waals surface area contributed by atoms with E-state index in [4.69, 9.17) is 5.73 Å². The number of hydrogen-bond donors (Lipinski definition) is 2. The third kappa shape index (κ3) is 4.98. The van der Waals surface area contributed by atoms with Crippen LogP contribution in [0.25, 0.3) is 0 Å². The highest BCUT2D eigenvalue weighted by atomic mass is 16.4. The van der Waals surface area contributed by atoms with Crippen LogP contribution >= 0.6 is 0 Å². The minimum atomic E-state index is -1.17. The molecule has 0 rings (SSSR count). The first-order valence-electron chi connectivity index (χ1n) is 6.53. The largest absolute Gasteiger partial charge is 0.480 e. The summed E-state index contributed by atoms with van der Waals surface area (Å²) >= 11 is 0. The molecule has 0 saturated heterocycles. The topological polar surface area (TPSA) is 101 Å². The molecule has 0 aliphatic heterocycles. The number of rotatable bonds is 7. The molecule has 0 fully saturated rings. The van der Waals surface area contributed by atoms with Crippen molar-refractivity contribution in [3.05, 3.63) is 0 Å². The fourth-order valence-electron chi connectivity index (χ4n) is 1.65. The SMILES string of the molecule is CC(C)C(=O)N(C(=O)C(C)C)C(CCCN)C(=O)O. The second kappa shape index (κ2) is 7.89. The lowest BCUT2D eigenvalue weighted by molar-refractivity contribution is -0.161. The fraction of sp³-hybridized carbons (Fsp3) is 0.769. The van der Waals surface area contributed by atoms with Gasteiger partial charge in [0, 0.05) is 11.8 Å². The molecule has 0 aromatic heterocycles. The van der Waals surface area contributed by atoms with Crippen LogP contribution in [0.1, 0.15) is 40.5 Å². The molecule has 1 unspecified atom stereocenters. The molecule has 2 amide bonds. The van der Waals surface area contributed by atoms with Crippen LogP contribution < -0.4 is 5.73 Å². The Bertz CT molecular complexity index is 320. The number of amides is 2. The van der Waals surface area contributed by atoms with Gasteiger partial charge in [0.15, 0.2) is 0 Å². The molecule has 6 nitrogen and oxygen atoms in total. The minimum Gasteiger partial charge on any atom is -0.480 e. The zero-order valence-electron chi connectivity index (χ0n) is 12.0. The van der Waals surface area contributed by atoms with E-state index in [1.807, 2.05) is 0 Å². The lowest BCUT2D eigenvalue weighted by Crippen LogP contribution is -2.51. The quantitative estimate of drug-likeness (QED) is 0.715. The molecule has 0 heterocycles. The summed E-state index contributed by atoms with van der Waals surface area (Å²) in [6.45, 7) is 6.90. The number of carboxylic acid groups (broad SMARTS) is 1. The highest BCUT2D eigenvalue weighted by molar-refractivity contribution is 6.00. The summed E-state index contributed by atoms with van der Waals surface area (Å²) < 4.78 is 0. The predicted octanol–water partition coefficient (Wildman–Crippen LogP) is 0.846. The zero-order chi connectivity index (χ0) is 15.2. The summed E-state index contributed by atoms with van der Waals surface area (Å²) in [5.74, 6) is -2.94. The van der Waals surface area contributed by atoms with Crippen LogP contribution in [0, 0.1) is 11.8 Å². The molecule has 0 saturated carbocycles. The maximum Gasteiger partial charge on any atom is 0.326 e. The maximum atomic E-state index is 12.1. The van der Waals surface area contributed by atoms with E-state index in [1.54, 1.807) is 27.7 Å². The van der Waals surface area contributed by atoms with E-state index in [0.717, 1.165) is 4.90 Å². The summed E-state index contributed by atoms with van der Waals surface area (Å²) in [4.78, 5) is 36.4. The fourth-order valence-corrected chi connectivity index (χ4v) is 1.65. The Labute approximate surface area is 113 Å². The Morgan fingerprint density at radius 2 is 1.47 bits per heavy atom. The van der Waals surface area contributed by atoms with Crippen molar-refractivity contribution < 1.29 is 19.5 Å². The smallest absolute Gasteiger partial charge is 0.326 e. The average molecular weight is 272 g/mol. The number of carbonyl (C=O) groups is 3. The molecule has 0 aliphatic rings. The predicted molar refractivity (Wildman–Crippen MR) is 71.2 cm³/mol. The molecule has 0 radical (unpaired) electrons. The van der Waals surface area contributed by atoms with Gasteiger partial charge >= 0.3 is 5.97 Å². The van der Waals surface area contributed by atoms with Gasteiger partial charge in [0.05, 0.1) is 0 Å². The number of nitrogens with two attached hydrogens (primary N) is 1. The Morgan fingerprint density at radius 1 is 1.05 bits per heavy atom. The third-order valence-electron chi connectivity index (χ3n) is 2.74. The first-order valence-corrected chi connectivity index (χ1v) is 6.53. The van der Waals surface area contributed by atoms with Gasteiger partial charge in [-0.15, -0.1) is 0 Å². The number of carbonyl (C=O) groups excluding carboxylic acids is 2. The number of aliphatic carboxylic acids is 1. The van der Waals surface area contributed by atoms with Crippen molar-refractivity contribution in [3.8, 4) is 0 Å². The van der Waals surface area contributed by atoms with E-state index in [9.17, 15) is 19.5 Å². The van der Waals surface area contributed by atoms with Crippen LogP contribution in [0.2, 0.25) is 0 Å². The second-order valence-electron chi connectivity index (χ2n) is 5.14. The van der Waals surface area contributed by atoms with Crippen molar-refractivity contribution in [1.29, 1.82) is 0 Å². The Morgan fingerprint density at radius 3 is 1.74 bits per heavy atom. The van der Waals surface area contributed by atoms with E-state index in [0.29, 0.717) is 13.0 Å². The molecule has 19 heavy (non-hydrogen) atoms. The molecule has 0 aliphatic carbocycles. The van der Waals surface area contributed by atoms with Gasteiger partial charge in [-0.05, 0) is 19.4 Å². The van der Waals surface area contributed by atoms with Crippen LogP contribution in [0.4, 0.5) is 0 Å². The molecule has 0 bridgehead atoms. The van der Waals surface area contributed by atoms with Crippen LogP contribution in [0.3, 0.4) is 0 Å². The second-order valence-corrected chi connectivity index (χ2v) is 5.14. The van der Waals surface area contributed by atoms with Gasteiger partial charge in [-0.25, -0.2) is 4.79 Å². The highest BCUT2D eigenvalue weighted by Gasteiger charge is 2.36. The average Bonchev–Trinajstić information content (AvgIpc) is 2.32. The van der Waals surface area contributed by atoms with Gasteiger partial charge in [-0.3, -0.25) is 14.5 Å². The number of carboxylic acids is 1. The van der Waals surface area contributed by atoms with Crippen molar-refractivity contribution in [1.82, 2.24) is 4.90 Å². The molecular weight excluding hydrogens is 248 g/mol. The van der Waals surface area contributed by atoms with E-state index < -0.39 is 35.7 Å². The highest BCUT2D eigenvalue weighted by Crippen LogP contribution is 2.15. The van der Waals surface area contributed by atoms with Gasteiger partial charge in [0.1, 0.15) is 6.04 Å². The molecule has 3 N–H and O–H groups in total. The maximum absolute atomic E-state index is 12.1. The molecule has 110 valence electrons. The van der Waals surface area contributed by atoms with Crippen molar-refractivity contribution in [3.63, 3.8) is 0 Å². The van der Waals surface area contributed by atoms with Crippen molar-refractivity contribution in [2.45, 2.75) is 46.6 Å². The number of nitrogens with zero attached hydrogens (tertiary/aromatic N) is 1. The normalized spacial score (nSPS) is 12.6. The first-order chi connectivity index (χ1) is 8.73. The summed E-state index contributed by atoms with van der Waals surface area (Å²) in [7, 11) is 0. The van der Waals surface area contributed by atoms with E-state index in [-0.39, 0.29) is 6.42 Å². The lowest BCUT2D eigenvalue weighted by Gasteiger charge is -2.30. The third-order valence-corrected chi connectivity index (χ3v) is 2.74. The van der Waals surface area contributed by atoms with Gasteiger partial charge in [0.2, 0.25) is 11.8 Å². The Balaban J connectivity index is 5.33. The minimum absolute atomic E-state index is 0.183. The number of imide groups is 1. The van der Waals surface area contributed by atoms with Gasteiger partial charge in [-0.1, -0.05) is 27.7 Å². The summed E-state index contributed by atoms with van der Waals surface area (Å²) in [6, 6.07) is -1.13. The first kappa shape index (κ1) is 17.6. The molecular formula is C13H24N2O4. The van der Waals surface area contributed by atoms with Gasteiger partial charge in [0.25, 0.3) is 0 Å². The van der Waals surface area contributed by atoms with Gasteiger partial charge in [-0.2, -0.15) is 0 Å². The van der Waals surface area contributed by atoms with E-state index in [2.05, 4.69) is 0 Å². The van der Waals surface area contributed by atoms with Crippen LogP contribution in [-0.4, -0.2) is 40.4 Å². The number of hydrogen-bond acceptors (Lipinski definition) is 4. The summed E-state index contributed by atoms with van der Waals surface area (Å²) in [6.07, 6.45) is 0.632. The molecule has 0 aromatic rings. The molecule has 1 atom stereocenters. The van der Waals surface area contributed by atoms with Crippen molar-refractivity contribution in [2.24, 2.45) is 17.6 Å². The molecule has 0 spiro atoms. The van der Waals surface area contributed by atoms with Crippen LogP contribution in [-0.2, 0) is 14.4 Å². The van der Waals surface area contributed by atoms with Gasteiger partial charge < -0.3 is 10.8 Å². The molecule has 0 aromatic carbocycles. The molecule has 6 heteroatoms. The Hall–Kier alpha value is -1.43. The standard InChI is InChI=1S/C13H24N2O4/c1-8(2)11(16)15(12(17)9(3)4)10(13(18)19)6-5-7-14/h8-10H,5-7,14H2,1-4H3,(H,18,19). The van der Waals surface area contributed by atoms with Crippen molar-refractivity contribution in [2.75, 3.05) is 6.54 Å². The monoisotopic (exact) mass is 272 g/mol. The van der Waals surface area contributed by atoms with Crippen molar-refractivity contribution >= 4 is 17.8 Å². The summed E-state index contributed by atoms with van der Waals surface area (Å²) in [5, 5.41) is 9.24. The van der Waals surface area contributed by atoms with Crippen LogP contribution in [0.5, 0.6) is 0 Å². The lowest BCUT2D eigenvalue weighted by atomic mass is 10.0. The van der Waals surface area contributed by atoms with E-state index in [1.165, 1.54) is 0 Å². The summed E-state index contributed by atoms with van der Waals surface area (Å²) in [5.41, 5.74) is 5.37. The van der Waals surface area contributed by atoms with Crippen LogP contribution in [0.15, 0.2) is 0 Å². The zero-order valence-corrected chi connectivity index (χ0v) is 12.0.